The highest BCUT2D eigenvalue weighted by atomic mass is 35.5. The molecule has 0 unspecified atom stereocenters. The molecule has 0 atom stereocenters. The second-order valence-corrected chi connectivity index (χ2v) is 6.25. The molecule has 6 heteroatoms. The van der Waals surface area contributed by atoms with E-state index in [4.69, 9.17) is 16.3 Å². The van der Waals surface area contributed by atoms with Gasteiger partial charge in [-0.15, -0.1) is 0 Å². The minimum absolute atomic E-state index is 0.258. The Morgan fingerprint density at radius 3 is 2.77 bits per heavy atom. The average Bonchev–Trinajstić information content (AvgIpc) is 2.86. The number of ether oxygens (including phenoxy) is 1. The van der Waals surface area contributed by atoms with Crippen LogP contribution in [0, 0.1) is 0 Å². The molecule has 2 heterocycles. The van der Waals surface area contributed by atoms with Gasteiger partial charge in [-0.1, -0.05) is 29.8 Å². The Labute approximate surface area is 156 Å². The summed E-state index contributed by atoms with van der Waals surface area (Å²) >= 11 is 6.02. The lowest BCUT2D eigenvalue weighted by Gasteiger charge is -2.17. The number of hydrogen-bond acceptors (Lipinski definition) is 4. The first kappa shape index (κ1) is 17.9. The Kier molecular flexibility index (Phi) is 5.19. The number of carbonyl (C=O) groups is 2. The predicted molar refractivity (Wildman–Crippen MR) is 98.9 cm³/mol. The molecule has 0 fully saturated rings. The van der Waals surface area contributed by atoms with Gasteiger partial charge in [-0.3, -0.25) is 9.78 Å². The molecule has 1 aromatic heterocycles. The quantitative estimate of drug-likeness (QED) is 0.611. The zero-order valence-corrected chi connectivity index (χ0v) is 15.2. The molecular formula is C20H17ClN2O3. The molecule has 0 spiro atoms. The Morgan fingerprint density at radius 1 is 1.31 bits per heavy atom. The number of benzene rings is 1. The number of esters is 1. The zero-order valence-electron chi connectivity index (χ0n) is 14.4. The average molecular weight is 369 g/mol. The van der Waals surface area contributed by atoms with E-state index in [1.807, 2.05) is 12.1 Å². The third-order valence-electron chi connectivity index (χ3n) is 4.12. The number of allylic oxidation sites excluding steroid dienone is 1. The van der Waals surface area contributed by atoms with Gasteiger partial charge in [-0.25, -0.2) is 4.79 Å². The summed E-state index contributed by atoms with van der Waals surface area (Å²) in [5, 5.41) is 0.553. The van der Waals surface area contributed by atoms with Crippen molar-refractivity contribution in [2.45, 2.75) is 13.5 Å². The van der Waals surface area contributed by atoms with E-state index in [0.717, 1.165) is 11.1 Å². The smallest absolute Gasteiger partial charge is 0.340 e. The molecule has 0 N–H and O–H groups in total. The van der Waals surface area contributed by atoms with E-state index in [1.165, 1.54) is 7.11 Å². The monoisotopic (exact) mass is 368 g/mol. The van der Waals surface area contributed by atoms with Crippen molar-refractivity contribution in [3.8, 4) is 0 Å². The summed E-state index contributed by atoms with van der Waals surface area (Å²) in [6, 6.07) is 10.8. The number of nitrogens with zero attached hydrogens (tertiary/aromatic N) is 2. The normalized spacial score (nSPS) is 15.7. The molecule has 1 aromatic carbocycles. The van der Waals surface area contributed by atoms with Gasteiger partial charge in [-0.2, -0.15) is 0 Å². The molecule has 0 bridgehead atoms. The maximum atomic E-state index is 13.0. The van der Waals surface area contributed by atoms with E-state index >= 15 is 0 Å². The summed E-state index contributed by atoms with van der Waals surface area (Å²) in [7, 11) is 1.30. The van der Waals surface area contributed by atoms with Gasteiger partial charge in [0.2, 0.25) is 0 Å². The Balaban J connectivity index is 2.03. The standard InChI is InChI=1S/C20H17ClN2O3/c1-13-18(20(25)26-2)17(10-14-5-3-7-16(21)9-14)19(24)23(13)12-15-6-4-8-22-11-15/h3-11H,12H2,1-2H3/b17-10-. The summed E-state index contributed by atoms with van der Waals surface area (Å²) < 4.78 is 4.89. The molecule has 26 heavy (non-hydrogen) atoms. The largest absolute Gasteiger partial charge is 0.465 e. The topological polar surface area (TPSA) is 59.5 Å². The highest BCUT2D eigenvalue weighted by Crippen LogP contribution is 2.33. The number of pyridine rings is 1. The maximum Gasteiger partial charge on any atom is 0.340 e. The fraction of sp³-hybridized carbons (Fsp3) is 0.150. The van der Waals surface area contributed by atoms with Gasteiger partial charge in [0.1, 0.15) is 0 Å². The molecule has 0 saturated carbocycles. The lowest BCUT2D eigenvalue weighted by Crippen LogP contribution is -2.24. The van der Waals surface area contributed by atoms with E-state index < -0.39 is 5.97 Å². The number of rotatable bonds is 4. The second-order valence-electron chi connectivity index (χ2n) is 5.82. The summed E-state index contributed by atoms with van der Waals surface area (Å²) in [5.41, 5.74) is 2.72. The summed E-state index contributed by atoms with van der Waals surface area (Å²) in [6.07, 6.45) is 5.02. The summed E-state index contributed by atoms with van der Waals surface area (Å²) in [6.45, 7) is 2.06. The third-order valence-corrected chi connectivity index (χ3v) is 4.36. The molecule has 0 aliphatic carbocycles. The first-order valence-corrected chi connectivity index (χ1v) is 8.36. The van der Waals surface area contributed by atoms with Crippen LogP contribution in [0.25, 0.3) is 6.08 Å². The number of carbonyl (C=O) groups excluding carboxylic acids is 2. The van der Waals surface area contributed by atoms with Crippen LogP contribution >= 0.6 is 11.6 Å². The van der Waals surface area contributed by atoms with Crippen molar-refractivity contribution in [2.24, 2.45) is 0 Å². The summed E-state index contributed by atoms with van der Waals surface area (Å²) in [5.74, 6) is -0.801. The molecular weight excluding hydrogens is 352 g/mol. The van der Waals surface area contributed by atoms with E-state index in [-0.39, 0.29) is 11.5 Å². The van der Waals surface area contributed by atoms with Gasteiger partial charge >= 0.3 is 5.97 Å². The maximum absolute atomic E-state index is 13.0. The van der Waals surface area contributed by atoms with Crippen molar-refractivity contribution < 1.29 is 14.3 Å². The fourth-order valence-corrected chi connectivity index (χ4v) is 3.05. The second kappa shape index (κ2) is 7.54. The number of halogens is 1. The van der Waals surface area contributed by atoms with Crippen LogP contribution in [-0.4, -0.2) is 28.9 Å². The van der Waals surface area contributed by atoms with Crippen LogP contribution in [0.3, 0.4) is 0 Å². The van der Waals surface area contributed by atoms with Crippen LogP contribution in [0.15, 0.2) is 65.6 Å². The Bertz CT molecular complexity index is 920. The molecule has 1 aliphatic heterocycles. The molecule has 5 nitrogen and oxygen atoms in total. The predicted octanol–water partition coefficient (Wildman–Crippen LogP) is 3.61. The minimum atomic E-state index is -0.544. The molecule has 0 saturated heterocycles. The van der Waals surface area contributed by atoms with Crippen molar-refractivity contribution >= 4 is 29.6 Å². The van der Waals surface area contributed by atoms with Gasteiger partial charge in [-0.05, 0) is 42.3 Å². The van der Waals surface area contributed by atoms with Crippen molar-refractivity contribution in [1.82, 2.24) is 9.88 Å². The van der Waals surface area contributed by atoms with Gasteiger partial charge < -0.3 is 9.64 Å². The summed E-state index contributed by atoms with van der Waals surface area (Å²) in [4.78, 5) is 30.9. The van der Waals surface area contributed by atoms with Crippen LogP contribution in [0.4, 0.5) is 0 Å². The number of amides is 1. The first-order chi connectivity index (χ1) is 12.5. The van der Waals surface area contributed by atoms with Crippen molar-refractivity contribution in [3.63, 3.8) is 0 Å². The first-order valence-electron chi connectivity index (χ1n) is 7.99. The van der Waals surface area contributed by atoms with Gasteiger partial charge in [0.25, 0.3) is 5.91 Å². The SMILES string of the molecule is COC(=O)C1=C(C)N(Cc2cccnc2)C(=O)/C1=C\c1cccc(Cl)c1. The van der Waals surface area contributed by atoms with Crippen LogP contribution in [0.2, 0.25) is 5.02 Å². The Morgan fingerprint density at radius 2 is 2.12 bits per heavy atom. The van der Waals surface area contributed by atoms with Gasteiger partial charge in [0.15, 0.2) is 0 Å². The lowest BCUT2D eigenvalue weighted by molar-refractivity contribution is -0.136. The number of methoxy groups -OCH3 is 1. The third kappa shape index (κ3) is 3.53. The lowest BCUT2D eigenvalue weighted by atomic mass is 10.0. The number of aromatic nitrogens is 1. The molecule has 3 rings (SSSR count). The Hall–Kier alpha value is -2.92. The van der Waals surface area contributed by atoms with E-state index in [1.54, 1.807) is 54.6 Å². The highest BCUT2D eigenvalue weighted by Gasteiger charge is 2.36. The van der Waals surface area contributed by atoms with Crippen LogP contribution < -0.4 is 0 Å². The molecule has 132 valence electrons. The van der Waals surface area contributed by atoms with Gasteiger partial charge in [0.05, 0.1) is 24.8 Å². The highest BCUT2D eigenvalue weighted by molar-refractivity contribution is 6.30. The molecule has 1 aliphatic rings. The number of hydrogen-bond donors (Lipinski definition) is 0. The molecule has 2 aromatic rings. The van der Waals surface area contributed by atoms with Crippen LogP contribution in [0.5, 0.6) is 0 Å². The molecule has 0 radical (unpaired) electrons. The van der Waals surface area contributed by atoms with E-state index in [2.05, 4.69) is 4.98 Å². The van der Waals surface area contributed by atoms with Crippen molar-refractivity contribution in [3.05, 3.63) is 81.8 Å². The van der Waals surface area contributed by atoms with E-state index in [9.17, 15) is 9.59 Å². The fourth-order valence-electron chi connectivity index (χ4n) is 2.86. The molecule has 1 amide bonds. The van der Waals surface area contributed by atoms with E-state index in [0.29, 0.717) is 22.8 Å². The van der Waals surface area contributed by atoms with Crippen molar-refractivity contribution in [2.75, 3.05) is 7.11 Å². The zero-order chi connectivity index (χ0) is 18.7. The van der Waals surface area contributed by atoms with Crippen LogP contribution in [-0.2, 0) is 20.9 Å². The minimum Gasteiger partial charge on any atom is -0.465 e. The van der Waals surface area contributed by atoms with Crippen LogP contribution in [0.1, 0.15) is 18.1 Å². The van der Waals surface area contributed by atoms with Crippen molar-refractivity contribution in [1.29, 1.82) is 0 Å². The van der Waals surface area contributed by atoms with Gasteiger partial charge in [0, 0.05) is 23.1 Å².